The van der Waals surface area contributed by atoms with Crippen molar-refractivity contribution in [2.75, 3.05) is 0 Å². The van der Waals surface area contributed by atoms with Crippen LogP contribution < -0.4 is 0 Å². The maximum absolute atomic E-state index is 2.56. The van der Waals surface area contributed by atoms with Crippen LogP contribution in [0.5, 0.6) is 0 Å². The molecular formula is C60H39N3. The van der Waals surface area contributed by atoms with Crippen molar-refractivity contribution < 1.29 is 0 Å². The molecule has 0 unspecified atom stereocenters. The molecule has 0 aliphatic carbocycles. The van der Waals surface area contributed by atoms with Gasteiger partial charge in [-0.1, -0.05) is 176 Å². The number of nitrogens with zero attached hydrogens (tertiary/aromatic N) is 3. The fraction of sp³-hybridized carbons (Fsp3) is 0. The van der Waals surface area contributed by atoms with Crippen LogP contribution in [-0.4, -0.2) is 13.7 Å². The van der Waals surface area contributed by atoms with Gasteiger partial charge in [0.15, 0.2) is 0 Å². The van der Waals surface area contributed by atoms with Crippen LogP contribution in [0.2, 0.25) is 0 Å². The molecular weight excluding hydrogens is 763 g/mol. The molecule has 0 radical (unpaired) electrons. The van der Waals surface area contributed by atoms with E-state index < -0.39 is 0 Å². The van der Waals surface area contributed by atoms with Gasteiger partial charge in [0.05, 0.1) is 33.1 Å². The predicted molar refractivity (Wildman–Crippen MR) is 266 cm³/mol. The van der Waals surface area contributed by atoms with E-state index in [0.29, 0.717) is 0 Å². The molecule has 10 aromatic carbocycles. The Labute approximate surface area is 364 Å². The molecule has 63 heavy (non-hydrogen) atoms. The highest BCUT2D eigenvalue weighted by molar-refractivity contribution is 6.40. The Morgan fingerprint density at radius 2 is 0.492 bits per heavy atom. The predicted octanol–water partition coefficient (Wildman–Crippen LogP) is 16.0. The van der Waals surface area contributed by atoms with Crippen LogP contribution in [0.1, 0.15) is 0 Å². The van der Waals surface area contributed by atoms with E-state index in [1.807, 2.05) is 0 Å². The van der Waals surface area contributed by atoms with Gasteiger partial charge in [-0.2, -0.15) is 0 Å². The summed E-state index contributed by atoms with van der Waals surface area (Å²) >= 11 is 0. The summed E-state index contributed by atoms with van der Waals surface area (Å²) < 4.78 is 7.59. The van der Waals surface area contributed by atoms with Crippen molar-refractivity contribution in [3.8, 4) is 50.4 Å². The van der Waals surface area contributed by atoms with Gasteiger partial charge in [0.1, 0.15) is 0 Å². The molecule has 3 aromatic heterocycles. The van der Waals surface area contributed by atoms with E-state index in [2.05, 4.69) is 250 Å². The van der Waals surface area contributed by atoms with Crippen LogP contribution in [0, 0.1) is 0 Å². The fourth-order valence-corrected chi connectivity index (χ4v) is 10.3. The molecule has 0 amide bonds. The number of aromatic nitrogens is 3. The van der Waals surface area contributed by atoms with Crippen molar-refractivity contribution >= 4 is 65.4 Å². The highest BCUT2D eigenvalue weighted by atomic mass is 15.0. The Morgan fingerprint density at radius 1 is 0.206 bits per heavy atom. The second-order valence-electron chi connectivity index (χ2n) is 16.5. The highest BCUT2D eigenvalue weighted by Gasteiger charge is 2.29. The summed E-state index contributed by atoms with van der Waals surface area (Å²) in [6.07, 6.45) is 0. The lowest BCUT2D eigenvalue weighted by atomic mass is 9.96. The average molecular weight is 802 g/mol. The molecule has 3 heteroatoms. The first kappa shape index (κ1) is 35.4. The van der Waals surface area contributed by atoms with E-state index in [4.69, 9.17) is 0 Å². The molecule has 0 spiro atoms. The molecule has 3 nitrogen and oxygen atoms in total. The smallest absolute Gasteiger partial charge is 0.0663 e. The second kappa shape index (κ2) is 14.1. The third-order valence-corrected chi connectivity index (χ3v) is 13.0. The normalized spacial score (nSPS) is 11.8. The first-order valence-electron chi connectivity index (χ1n) is 21.7. The molecule has 0 N–H and O–H groups in total. The number of hydrogen-bond acceptors (Lipinski definition) is 0. The van der Waals surface area contributed by atoms with E-state index in [1.165, 1.54) is 98.8 Å². The Hall–Kier alpha value is -8.40. The minimum Gasteiger partial charge on any atom is -0.308 e. The minimum atomic E-state index is 1.12. The number of para-hydroxylation sites is 5. The summed E-state index contributed by atoms with van der Waals surface area (Å²) in [5.74, 6) is 0. The zero-order valence-electron chi connectivity index (χ0n) is 34.4. The summed E-state index contributed by atoms with van der Waals surface area (Å²) in [5, 5.41) is 7.39. The van der Waals surface area contributed by atoms with Crippen molar-refractivity contribution in [1.29, 1.82) is 0 Å². The zero-order chi connectivity index (χ0) is 41.4. The molecule has 0 bridgehead atoms. The molecule has 0 saturated heterocycles. The number of benzene rings is 10. The summed E-state index contributed by atoms with van der Waals surface area (Å²) in [6, 6.07) is 86.4. The molecule has 294 valence electrons. The molecule has 0 saturated carbocycles. The van der Waals surface area contributed by atoms with Gasteiger partial charge in [0.2, 0.25) is 0 Å². The Morgan fingerprint density at radius 3 is 0.889 bits per heavy atom. The molecule has 13 aromatic rings. The van der Waals surface area contributed by atoms with Crippen LogP contribution in [0.4, 0.5) is 0 Å². The van der Waals surface area contributed by atoms with Gasteiger partial charge in [-0.05, 0) is 94.0 Å². The van der Waals surface area contributed by atoms with E-state index in [1.54, 1.807) is 0 Å². The highest BCUT2D eigenvalue weighted by Crippen LogP contribution is 2.50. The third kappa shape index (κ3) is 5.40. The van der Waals surface area contributed by atoms with E-state index >= 15 is 0 Å². The summed E-state index contributed by atoms with van der Waals surface area (Å²) in [4.78, 5) is 0. The standard InChI is InChI=1S/C60H39N3/c1-5-19-40(20-6-1)42-33-35-43(36-34-42)45-37-44(41-21-7-2-8-22-41)38-48(39-45)63-54-32-18-15-29-51(54)57-59-55(49-27-13-16-30-52(49)61(59)46-23-9-3-10-24-46)58-56(60(57)63)50-28-14-17-31-53(50)62(58)47-25-11-4-12-26-47/h1-39H. The van der Waals surface area contributed by atoms with Crippen molar-refractivity contribution in [2.45, 2.75) is 0 Å². The third-order valence-electron chi connectivity index (χ3n) is 13.0. The Kier molecular flexibility index (Phi) is 7.91. The van der Waals surface area contributed by atoms with Crippen LogP contribution in [0.3, 0.4) is 0 Å². The van der Waals surface area contributed by atoms with Gasteiger partial charge in [-0.15, -0.1) is 0 Å². The lowest BCUT2D eigenvalue weighted by Gasteiger charge is -2.16. The fourth-order valence-electron chi connectivity index (χ4n) is 10.3. The van der Waals surface area contributed by atoms with E-state index in [0.717, 1.165) is 17.1 Å². The zero-order valence-corrected chi connectivity index (χ0v) is 34.4. The monoisotopic (exact) mass is 801 g/mol. The first-order valence-corrected chi connectivity index (χ1v) is 21.7. The molecule has 0 fully saturated rings. The summed E-state index contributed by atoms with van der Waals surface area (Å²) in [6.45, 7) is 0. The van der Waals surface area contributed by atoms with E-state index in [-0.39, 0.29) is 0 Å². The summed E-state index contributed by atoms with van der Waals surface area (Å²) in [5.41, 5.74) is 17.6. The van der Waals surface area contributed by atoms with E-state index in [9.17, 15) is 0 Å². The van der Waals surface area contributed by atoms with Crippen molar-refractivity contribution in [3.05, 3.63) is 237 Å². The van der Waals surface area contributed by atoms with Gasteiger partial charge >= 0.3 is 0 Å². The molecule has 3 heterocycles. The largest absolute Gasteiger partial charge is 0.308 e. The average Bonchev–Trinajstić information content (AvgIpc) is 4.01. The topological polar surface area (TPSA) is 14.8 Å². The summed E-state index contributed by atoms with van der Waals surface area (Å²) in [7, 11) is 0. The Balaban J connectivity index is 1.24. The maximum atomic E-state index is 2.56. The van der Waals surface area contributed by atoms with Crippen LogP contribution in [-0.2, 0) is 0 Å². The van der Waals surface area contributed by atoms with Crippen molar-refractivity contribution in [1.82, 2.24) is 13.7 Å². The maximum Gasteiger partial charge on any atom is 0.0663 e. The quantitative estimate of drug-likeness (QED) is 0.159. The van der Waals surface area contributed by atoms with Crippen molar-refractivity contribution in [3.63, 3.8) is 0 Å². The molecule has 0 aliphatic heterocycles. The lowest BCUT2D eigenvalue weighted by molar-refractivity contribution is 1.17. The van der Waals surface area contributed by atoms with Gasteiger partial charge in [-0.3, -0.25) is 0 Å². The van der Waals surface area contributed by atoms with Gasteiger partial charge in [-0.25, -0.2) is 0 Å². The number of fused-ring (bicyclic) bond motifs is 12. The van der Waals surface area contributed by atoms with Crippen LogP contribution >= 0.6 is 0 Å². The van der Waals surface area contributed by atoms with Gasteiger partial charge in [0, 0.05) is 49.4 Å². The van der Waals surface area contributed by atoms with Gasteiger partial charge in [0.25, 0.3) is 0 Å². The minimum absolute atomic E-state index is 1.12. The van der Waals surface area contributed by atoms with Crippen LogP contribution in [0.15, 0.2) is 237 Å². The van der Waals surface area contributed by atoms with Crippen molar-refractivity contribution in [2.24, 2.45) is 0 Å². The number of rotatable bonds is 6. The molecule has 0 atom stereocenters. The first-order chi connectivity index (χ1) is 31.3. The SMILES string of the molecule is c1ccc(-c2ccc(-c3cc(-c4ccccc4)cc(-n4c5ccccc5c5c6c(c7ccccc7n6-c6ccccc6)c6c(c7ccccc7n6-c6ccccc6)c54)c3)cc2)cc1. The number of hydrogen-bond donors (Lipinski definition) is 0. The Bertz CT molecular complexity index is 3790. The van der Waals surface area contributed by atoms with Gasteiger partial charge < -0.3 is 13.7 Å². The molecule has 13 rings (SSSR count). The van der Waals surface area contributed by atoms with Crippen LogP contribution in [0.25, 0.3) is 116 Å². The molecule has 0 aliphatic rings. The lowest BCUT2D eigenvalue weighted by Crippen LogP contribution is -1.98. The second-order valence-corrected chi connectivity index (χ2v) is 16.5.